The highest BCUT2D eigenvalue weighted by atomic mass is 32.1. The fraction of sp³-hybridized carbons (Fsp3) is 0.500. The molecule has 1 rings (SSSR count). The molecule has 42 valence electrons. The molecule has 2 radical (unpaired) electrons. The molecule has 0 spiro atoms. The first-order valence-corrected chi connectivity index (χ1v) is 2.27. The SMILES string of the molecule is [NH]C1=NC([NH])(S)N=N1. The van der Waals surface area contributed by atoms with E-state index in [9.17, 15) is 0 Å². The van der Waals surface area contributed by atoms with Crippen LogP contribution in [0.1, 0.15) is 0 Å². The van der Waals surface area contributed by atoms with Crippen LogP contribution < -0.4 is 11.5 Å². The molecule has 0 aromatic rings. The zero-order valence-electron chi connectivity index (χ0n) is 3.79. The van der Waals surface area contributed by atoms with Crippen molar-refractivity contribution in [3.05, 3.63) is 0 Å². The lowest BCUT2D eigenvalue weighted by atomic mass is 10.9. The van der Waals surface area contributed by atoms with Gasteiger partial charge in [-0.05, 0) is 0 Å². The highest BCUT2D eigenvalue weighted by molar-refractivity contribution is 7.81. The van der Waals surface area contributed by atoms with E-state index >= 15 is 0 Å². The lowest BCUT2D eigenvalue weighted by Gasteiger charge is -2.00. The van der Waals surface area contributed by atoms with Crippen molar-refractivity contribution in [2.24, 2.45) is 15.2 Å². The normalized spacial score (nSPS) is 35.5. The molecule has 8 heavy (non-hydrogen) atoms. The number of aliphatic imine (C=N–C) groups is 1. The molecular weight excluding hydrogens is 126 g/mol. The van der Waals surface area contributed by atoms with Gasteiger partial charge in [-0.25, -0.2) is 0 Å². The molecule has 0 aromatic carbocycles. The zero-order valence-corrected chi connectivity index (χ0v) is 4.68. The zero-order chi connectivity index (χ0) is 6.20. The first-order chi connectivity index (χ1) is 3.60. The number of rotatable bonds is 0. The van der Waals surface area contributed by atoms with Gasteiger partial charge >= 0.3 is 0 Å². The maximum Gasteiger partial charge on any atom is 0.286 e. The number of hydrogen-bond donors (Lipinski definition) is 1. The summed E-state index contributed by atoms with van der Waals surface area (Å²) < 4.78 is 0. The van der Waals surface area contributed by atoms with E-state index in [1.807, 2.05) is 0 Å². The summed E-state index contributed by atoms with van der Waals surface area (Å²) in [5.74, 6) is -0.241. The fourth-order valence-corrected chi connectivity index (χ4v) is 0.449. The monoisotopic (exact) mass is 129 g/mol. The Bertz CT molecular complexity index is 158. The van der Waals surface area contributed by atoms with Crippen molar-refractivity contribution in [2.75, 3.05) is 0 Å². The Hall–Kier alpha value is -0.620. The summed E-state index contributed by atoms with van der Waals surface area (Å²) in [5.41, 5.74) is 13.6. The quantitative estimate of drug-likeness (QED) is 0.443. The molecule has 0 aliphatic carbocycles. The predicted octanol–water partition coefficient (Wildman–Crippen LogP) is -0.0849. The van der Waals surface area contributed by atoms with Crippen LogP contribution in [-0.4, -0.2) is 11.1 Å². The average Bonchev–Trinajstić information content (AvgIpc) is 1.82. The maximum atomic E-state index is 6.91. The van der Waals surface area contributed by atoms with Crippen molar-refractivity contribution in [2.45, 2.75) is 5.12 Å². The third kappa shape index (κ3) is 0.958. The number of thiol groups is 1. The lowest BCUT2D eigenvalue weighted by molar-refractivity contribution is 0.663. The van der Waals surface area contributed by atoms with E-state index in [0.717, 1.165) is 0 Å². The molecule has 0 amide bonds. The van der Waals surface area contributed by atoms with Gasteiger partial charge in [0.25, 0.3) is 11.1 Å². The van der Waals surface area contributed by atoms with Gasteiger partial charge in [0.2, 0.25) is 0 Å². The molecular formula is C2H3N5S. The van der Waals surface area contributed by atoms with Gasteiger partial charge in [0.05, 0.1) is 0 Å². The number of azo groups is 1. The van der Waals surface area contributed by atoms with Crippen LogP contribution in [0.15, 0.2) is 15.2 Å². The maximum absolute atomic E-state index is 6.91. The Morgan fingerprint density at radius 1 is 1.62 bits per heavy atom. The predicted molar refractivity (Wildman–Crippen MR) is 30.2 cm³/mol. The van der Waals surface area contributed by atoms with Crippen LogP contribution in [0.3, 0.4) is 0 Å². The highest BCUT2D eigenvalue weighted by Gasteiger charge is 2.23. The van der Waals surface area contributed by atoms with Crippen molar-refractivity contribution < 1.29 is 0 Å². The van der Waals surface area contributed by atoms with Gasteiger partial charge in [-0.2, -0.15) is 10.7 Å². The molecule has 6 heteroatoms. The Morgan fingerprint density at radius 3 is 2.38 bits per heavy atom. The Balaban J connectivity index is 2.84. The molecule has 0 bridgehead atoms. The summed E-state index contributed by atoms with van der Waals surface area (Å²) in [6, 6.07) is 0. The van der Waals surface area contributed by atoms with Crippen molar-refractivity contribution in [3.63, 3.8) is 0 Å². The summed E-state index contributed by atoms with van der Waals surface area (Å²) in [4.78, 5) is 3.30. The molecule has 0 saturated heterocycles. The topological polar surface area (TPSA) is 84.7 Å². The van der Waals surface area contributed by atoms with Crippen LogP contribution in [0.5, 0.6) is 0 Å². The van der Waals surface area contributed by atoms with E-state index in [-0.39, 0.29) is 5.96 Å². The van der Waals surface area contributed by atoms with Crippen molar-refractivity contribution in [3.8, 4) is 0 Å². The minimum Gasteiger partial charge on any atom is -0.264 e. The second-order valence-electron chi connectivity index (χ2n) is 1.27. The summed E-state index contributed by atoms with van der Waals surface area (Å²) in [5, 5.41) is 4.85. The van der Waals surface area contributed by atoms with Gasteiger partial charge in [-0.15, -0.1) is 22.9 Å². The molecule has 0 saturated carbocycles. The van der Waals surface area contributed by atoms with Gasteiger partial charge in [-0.3, -0.25) is 5.73 Å². The van der Waals surface area contributed by atoms with Crippen LogP contribution in [0.4, 0.5) is 0 Å². The Kier molecular flexibility index (Phi) is 0.983. The minimum absolute atomic E-state index is 0.241. The van der Waals surface area contributed by atoms with Gasteiger partial charge in [-0.1, -0.05) is 0 Å². The van der Waals surface area contributed by atoms with Crippen LogP contribution in [0.25, 0.3) is 0 Å². The second-order valence-corrected chi connectivity index (χ2v) is 1.89. The van der Waals surface area contributed by atoms with Crippen LogP contribution in [0, 0.1) is 0 Å². The van der Waals surface area contributed by atoms with Crippen LogP contribution in [-0.2, 0) is 0 Å². The standard InChI is InChI=1S/C2H3N5S/c3-1-5-2(4,8)7-6-1/h3-4,8H. The van der Waals surface area contributed by atoms with E-state index in [1.165, 1.54) is 0 Å². The van der Waals surface area contributed by atoms with Gasteiger partial charge in [0.15, 0.2) is 0 Å². The van der Waals surface area contributed by atoms with Crippen molar-refractivity contribution in [1.82, 2.24) is 11.5 Å². The molecule has 1 aliphatic rings. The minimum atomic E-state index is -1.53. The third-order valence-corrected chi connectivity index (χ3v) is 0.735. The molecule has 0 fully saturated rings. The van der Waals surface area contributed by atoms with Gasteiger partial charge in [0.1, 0.15) is 0 Å². The molecule has 5 nitrogen and oxygen atoms in total. The van der Waals surface area contributed by atoms with Crippen molar-refractivity contribution in [1.29, 1.82) is 0 Å². The molecule has 0 aromatic heterocycles. The van der Waals surface area contributed by atoms with Crippen LogP contribution in [0.2, 0.25) is 0 Å². The van der Waals surface area contributed by atoms with Crippen LogP contribution >= 0.6 is 12.6 Å². The van der Waals surface area contributed by atoms with Gasteiger partial charge in [0, 0.05) is 0 Å². The average molecular weight is 129 g/mol. The summed E-state index contributed by atoms with van der Waals surface area (Å²) in [6.07, 6.45) is 0. The fourth-order valence-electron chi connectivity index (χ4n) is 0.309. The highest BCUT2D eigenvalue weighted by Crippen LogP contribution is 2.17. The third-order valence-electron chi connectivity index (χ3n) is 0.546. The second kappa shape index (κ2) is 1.43. The molecule has 1 heterocycles. The molecule has 1 aliphatic heterocycles. The Morgan fingerprint density at radius 2 is 2.25 bits per heavy atom. The van der Waals surface area contributed by atoms with E-state index in [2.05, 4.69) is 27.8 Å². The van der Waals surface area contributed by atoms with E-state index in [0.29, 0.717) is 0 Å². The first kappa shape index (κ1) is 5.52. The summed E-state index contributed by atoms with van der Waals surface area (Å²) >= 11 is 3.61. The summed E-state index contributed by atoms with van der Waals surface area (Å²) in [7, 11) is 0. The Labute approximate surface area is 51.3 Å². The first-order valence-electron chi connectivity index (χ1n) is 1.82. The largest absolute Gasteiger partial charge is 0.286 e. The van der Waals surface area contributed by atoms with Gasteiger partial charge < -0.3 is 0 Å². The van der Waals surface area contributed by atoms with E-state index < -0.39 is 5.12 Å². The number of guanidine groups is 1. The lowest BCUT2D eigenvalue weighted by Crippen LogP contribution is -2.13. The number of nitrogens with one attached hydrogen (secondary N) is 2. The van der Waals surface area contributed by atoms with Crippen molar-refractivity contribution >= 4 is 18.6 Å². The van der Waals surface area contributed by atoms with E-state index in [1.54, 1.807) is 0 Å². The molecule has 1 atom stereocenters. The van der Waals surface area contributed by atoms with E-state index in [4.69, 9.17) is 11.5 Å². The number of hydrogen-bond acceptors (Lipinski definition) is 4. The smallest absolute Gasteiger partial charge is 0.264 e. The molecule has 2 N–H and O–H groups in total. The number of nitrogens with zero attached hydrogens (tertiary/aromatic N) is 3. The molecule has 1 unspecified atom stereocenters. The summed E-state index contributed by atoms with van der Waals surface area (Å²) in [6.45, 7) is 0.